The molecule has 0 aliphatic carbocycles. The fraction of sp³-hybridized carbons (Fsp3) is 0.143. The predicted octanol–water partition coefficient (Wildman–Crippen LogP) is 3.51. The number of nitrogens with zero attached hydrogens (tertiary/aromatic N) is 3. The maximum Gasteiger partial charge on any atom is 0.353 e. The molecule has 3 aromatic rings. The van der Waals surface area contributed by atoms with E-state index >= 15 is 0 Å². The number of nitriles is 1. The van der Waals surface area contributed by atoms with Gasteiger partial charge in [0, 0.05) is 5.69 Å². The van der Waals surface area contributed by atoms with Gasteiger partial charge in [0.1, 0.15) is 16.5 Å². The van der Waals surface area contributed by atoms with Crippen LogP contribution in [0.15, 0.2) is 51.7 Å². The lowest BCUT2D eigenvalue weighted by molar-refractivity contribution is 0.0735. The number of aryl methyl sites for hydroxylation is 2. The lowest BCUT2D eigenvalue weighted by Gasteiger charge is -2.09. The summed E-state index contributed by atoms with van der Waals surface area (Å²) in [6, 6.07) is 12.0. The van der Waals surface area contributed by atoms with E-state index in [0.717, 1.165) is 0 Å². The fourth-order valence-electron chi connectivity index (χ4n) is 2.68. The lowest BCUT2D eigenvalue weighted by Crippen LogP contribution is -2.22. The Kier molecular flexibility index (Phi) is 5.90. The smallest absolute Gasteiger partial charge is 0.353 e. The standard InChI is InChI=1S/C21H17N3O4S/c1-13-9-14(2)24(20(25)16(13)11-22)23-12-15-6-7-17(18(10-15)27-3)28-21(26)19-5-4-8-29-19/h4-10,12H,1-3H3/b23-12+. The van der Waals surface area contributed by atoms with Gasteiger partial charge < -0.3 is 9.47 Å². The molecule has 2 aromatic heterocycles. The summed E-state index contributed by atoms with van der Waals surface area (Å²) in [5.41, 5.74) is 1.43. The van der Waals surface area contributed by atoms with Crippen LogP contribution in [0.2, 0.25) is 0 Å². The molecule has 0 spiro atoms. The number of carbonyl (C=O) groups is 1. The van der Waals surface area contributed by atoms with E-state index in [9.17, 15) is 9.59 Å². The van der Waals surface area contributed by atoms with Gasteiger partial charge in [0.15, 0.2) is 11.5 Å². The number of aromatic nitrogens is 1. The van der Waals surface area contributed by atoms with Crippen molar-refractivity contribution in [2.75, 3.05) is 7.11 Å². The summed E-state index contributed by atoms with van der Waals surface area (Å²) in [5, 5.41) is 15.2. The molecule has 0 radical (unpaired) electrons. The minimum Gasteiger partial charge on any atom is -0.493 e. The average Bonchev–Trinajstić information content (AvgIpc) is 3.23. The summed E-state index contributed by atoms with van der Waals surface area (Å²) in [7, 11) is 1.46. The van der Waals surface area contributed by atoms with E-state index in [2.05, 4.69) is 5.10 Å². The second-order valence-electron chi connectivity index (χ2n) is 6.09. The minimum absolute atomic E-state index is 0.0566. The molecule has 0 amide bonds. The largest absolute Gasteiger partial charge is 0.493 e. The SMILES string of the molecule is COc1cc(/C=N/n2c(C)cc(C)c(C#N)c2=O)ccc1OC(=O)c1cccs1. The zero-order chi connectivity index (χ0) is 21.0. The molecule has 2 heterocycles. The van der Waals surface area contributed by atoms with Gasteiger partial charge in [-0.3, -0.25) is 4.79 Å². The molecule has 0 bridgehead atoms. The number of methoxy groups -OCH3 is 1. The third kappa shape index (κ3) is 4.25. The Morgan fingerprint density at radius 1 is 1.24 bits per heavy atom. The Morgan fingerprint density at radius 3 is 2.69 bits per heavy atom. The highest BCUT2D eigenvalue weighted by Crippen LogP contribution is 2.28. The number of benzene rings is 1. The van der Waals surface area contributed by atoms with Gasteiger partial charge in [-0.1, -0.05) is 6.07 Å². The summed E-state index contributed by atoms with van der Waals surface area (Å²) in [4.78, 5) is 25.0. The first-order valence-electron chi connectivity index (χ1n) is 8.56. The molecule has 0 atom stereocenters. The molecule has 0 unspecified atom stereocenters. The first kappa shape index (κ1) is 20.0. The zero-order valence-electron chi connectivity index (χ0n) is 16.0. The van der Waals surface area contributed by atoms with Crippen LogP contribution >= 0.6 is 11.3 Å². The topological polar surface area (TPSA) is 93.7 Å². The van der Waals surface area contributed by atoms with Gasteiger partial charge in [0.05, 0.1) is 13.3 Å². The van der Waals surface area contributed by atoms with Crippen LogP contribution in [0, 0.1) is 25.2 Å². The molecular formula is C21H17N3O4S. The molecular weight excluding hydrogens is 390 g/mol. The molecule has 0 aliphatic heterocycles. The molecule has 0 aliphatic rings. The summed E-state index contributed by atoms with van der Waals surface area (Å²) < 4.78 is 11.9. The van der Waals surface area contributed by atoms with Gasteiger partial charge in [-0.25, -0.2) is 9.47 Å². The zero-order valence-corrected chi connectivity index (χ0v) is 16.8. The van der Waals surface area contributed by atoms with Crippen LogP contribution in [0.25, 0.3) is 0 Å². The van der Waals surface area contributed by atoms with Gasteiger partial charge in [0.2, 0.25) is 0 Å². The van der Waals surface area contributed by atoms with E-state index in [1.807, 2.05) is 6.07 Å². The summed E-state index contributed by atoms with van der Waals surface area (Å²) in [5.74, 6) is 0.161. The Bertz CT molecular complexity index is 1190. The first-order valence-corrected chi connectivity index (χ1v) is 9.44. The molecule has 0 fully saturated rings. The number of hydrogen-bond acceptors (Lipinski definition) is 7. The number of pyridine rings is 1. The van der Waals surface area contributed by atoms with Crippen LogP contribution in [0.1, 0.15) is 32.1 Å². The maximum atomic E-state index is 12.4. The Hall–Kier alpha value is -3.70. The molecule has 0 N–H and O–H groups in total. The van der Waals surface area contributed by atoms with Crippen molar-refractivity contribution in [3.05, 3.63) is 79.4 Å². The molecule has 0 saturated carbocycles. The van der Waals surface area contributed by atoms with Crippen molar-refractivity contribution in [1.29, 1.82) is 5.26 Å². The van der Waals surface area contributed by atoms with Crippen molar-refractivity contribution >= 4 is 23.5 Å². The summed E-state index contributed by atoms with van der Waals surface area (Å²) >= 11 is 1.29. The van der Waals surface area contributed by atoms with E-state index in [1.54, 1.807) is 55.6 Å². The fourth-order valence-corrected chi connectivity index (χ4v) is 3.28. The molecule has 3 rings (SSSR count). The first-order chi connectivity index (χ1) is 13.9. The van der Waals surface area contributed by atoms with Gasteiger partial charge >= 0.3 is 5.97 Å². The average molecular weight is 407 g/mol. The van der Waals surface area contributed by atoms with Gasteiger partial charge in [0.25, 0.3) is 5.56 Å². The third-order valence-corrected chi connectivity index (χ3v) is 4.96. The van der Waals surface area contributed by atoms with Crippen molar-refractivity contribution in [3.63, 3.8) is 0 Å². The van der Waals surface area contributed by atoms with Crippen LogP contribution in [0.4, 0.5) is 0 Å². The monoisotopic (exact) mass is 407 g/mol. The van der Waals surface area contributed by atoms with Crippen LogP contribution in [0.3, 0.4) is 0 Å². The number of hydrogen-bond donors (Lipinski definition) is 0. The quantitative estimate of drug-likeness (QED) is 0.367. The third-order valence-electron chi connectivity index (χ3n) is 4.11. The molecule has 1 aromatic carbocycles. The van der Waals surface area contributed by atoms with Crippen molar-refractivity contribution in [2.24, 2.45) is 5.10 Å². The lowest BCUT2D eigenvalue weighted by atomic mass is 10.1. The van der Waals surface area contributed by atoms with Crippen LogP contribution in [-0.2, 0) is 0 Å². The van der Waals surface area contributed by atoms with E-state index < -0.39 is 11.5 Å². The molecule has 0 saturated heterocycles. The van der Waals surface area contributed by atoms with Gasteiger partial charge in [-0.05, 0) is 60.7 Å². The highest BCUT2D eigenvalue weighted by atomic mass is 32.1. The van der Waals surface area contributed by atoms with Gasteiger partial charge in [-0.15, -0.1) is 11.3 Å². The number of carbonyl (C=O) groups excluding carboxylic acids is 1. The Labute approximate surface area is 171 Å². The minimum atomic E-state index is -0.477. The Morgan fingerprint density at radius 2 is 2.03 bits per heavy atom. The molecule has 29 heavy (non-hydrogen) atoms. The molecule has 146 valence electrons. The normalized spacial score (nSPS) is 10.7. The Balaban J connectivity index is 1.89. The predicted molar refractivity (Wildman–Crippen MR) is 110 cm³/mol. The number of ether oxygens (including phenoxy) is 2. The van der Waals surface area contributed by atoms with Crippen LogP contribution < -0.4 is 15.0 Å². The second-order valence-corrected chi connectivity index (χ2v) is 7.04. The highest BCUT2D eigenvalue weighted by molar-refractivity contribution is 7.12. The molecule has 7 nitrogen and oxygen atoms in total. The summed E-state index contributed by atoms with van der Waals surface area (Å²) in [6.07, 6.45) is 1.47. The number of thiophene rings is 1. The number of rotatable bonds is 5. The van der Waals surface area contributed by atoms with E-state index in [1.165, 1.54) is 29.3 Å². The summed E-state index contributed by atoms with van der Waals surface area (Å²) in [6.45, 7) is 3.45. The van der Waals surface area contributed by atoms with E-state index in [4.69, 9.17) is 14.7 Å². The van der Waals surface area contributed by atoms with Gasteiger partial charge in [-0.2, -0.15) is 10.4 Å². The van der Waals surface area contributed by atoms with Crippen LogP contribution in [-0.4, -0.2) is 24.0 Å². The number of esters is 1. The van der Waals surface area contributed by atoms with Crippen molar-refractivity contribution in [1.82, 2.24) is 4.68 Å². The van der Waals surface area contributed by atoms with E-state index in [-0.39, 0.29) is 11.3 Å². The van der Waals surface area contributed by atoms with Crippen molar-refractivity contribution in [3.8, 4) is 17.6 Å². The second kappa shape index (κ2) is 8.54. The van der Waals surface area contributed by atoms with Crippen molar-refractivity contribution < 1.29 is 14.3 Å². The highest BCUT2D eigenvalue weighted by Gasteiger charge is 2.14. The molecule has 8 heteroatoms. The maximum absolute atomic E-state index is 12.4. The van der Waals surface area contributed by atoms with E-state index in [0.29, 0.717) is 27.4 Å². The van der Waals surface area contributed by atoms with Crippen LogP contribution in [0.5, 0.6) is 11.5 Å². The van der Waals surface area contributed by atoms with Crippen molar-refractivity contribution in [2.45, 2.75) is 13.8 Å².